The lowest BCUT2D eigenvalue weighted by Gasteiger charge is -2.10. The Labute approximate surface area is 132 Å². The molecule has 0 aliphatic carbocycles. The van der Waals surface area contributed by atoms with E-state index in [1.54, 1.807) is 7.11 Å². The number of nitrogens with one attached hydrogen (secondary N) is 1. The van der Waals surface area contributed by atoms with Crippen LogP contribution in [0.1, 0.15) is 18.9 Å². The van der Waals surface area contributed by atoms with Crippen LogP contribution >= 0.6 is 0 Å². The minimum atomic E-state index is 0.633. The fourth-order valence-electron chi connectivity index (χ4n) is 2.30. The first-order valence-electron chi connectivity index (χ1n) is 7.62. The predicted molar refractivity (Wildman–Crippen MR) is 91.8 cm³/mol. The molecule has 0 unspecified atom stereocenters. The van der Waals surface area contributed by atoms with Crippen molar-refractivity contribution < 1.29 is 9.47 Å². The van der Waals surface area contributed by atoms with Crippen molar-refractivity contribution in [3.05, 3.63) is 48.0 Å². The summed E-state index contributed by atoms with van der Waals surface area (Å²) in [5.74, 6) is 1.63. The van der Waals surface area contributed by atoms with Gasteiger partial charge in [-0.05, 0) is 49.6 Å². The molecular weight excluding hydrogens is 276 g/mol. The molecule has 0 aromatic heterocycles. The van der Waals surface area contributed by atoms with Crippen LogP contribution in [0.2, 0.25) is 0 Å². The summed E-state index contributed by atoms with van der Waals surface area (Å²) in [5.41, 5.74) is 8.99. The summed E-state index contributed by atoms with van der Waals surface area (Å²) in [7, 11) is 1.68. The summed E-state index contributed by atoms with van der Waals surface area (Å²) in [6.45, 7) is 3.49. The van der Waals surface area contributed by atoms with Gasteiger partial charge in [0, 0.05) is 18.3 Å². The number of hydrogen-bond acceptors (Lipinski definition) is 4. The molecule has 2 aromatic carbocycles. The van der Waals surface area contributed by atoms with Crippen LogP contribution in [0, 0.1) is 0 Å². The van der Waals surface area contributed by atoms with Crippen molar-refractivity contribution in [3.63, 3.8) is 0 Å². The van der Waals surface area contributed by atoms with Crippen LogP contribution in [0.3, 0.4) is 0 Å². The topological polar surface area (TPSA) is 56.5 Å². The normalized spacial score (nSPS) is 10.3. The monoisotopic (exact) mass is 300 g/mol. The molecule has 0 spiro atoms. The molecule has 0 radical (unpaired) electrons. The van der Waals surface area contributed by atoms with Gasteiger partial charge in [-0.15, -0.1) is 0 Å². The summed E-state index contributed by atoms with van der Waals surface area (Å²) in [6, 6.07) is 14.0. The first kappa shape index (κ1) is 16.0. The van der Waals surface area contributed by atoms with Gasteiger partial charge in [-0.3, -0.25) is 0 Å². The van der Waals surface area contributed by atoms with Gasteiger partial charge in [0.25, 0.3) is 0 Å². The van der Waals surface area contributed by atoms with Gasteiger partial charge < -0.3 is 20.5 Å². The van der Waals surface area contributed by atoms with Gasteiger partial charge in [0.1, 0.15) is 11.5 Å². The van der Waals surface area contributed by atoms with Crippen molar-refractivity contribution in [1.29, 1.82) is 0 Å². The lowest BCUT2D eigenvalue weighted by atomic mass is 10.1. The number of methoxy groups -OCH3 is 1. The standard InChI is InChI=1S/C18H24N2O2/c1-3-22-18-10-9-14(12-17(18)19)6-5-11-20-15-7-4-8-16(13-15)21-2/h4,7-10,12-13,20H,3,5-6,11,19H2,1-2H3. The second-order valence-electron chi connectivity index (χ2n) is 5.07. The molecule has 2 rings (SSSR count). The van der Waals surface area contributed by atoms with Gasteiger partial charge in [-0.25, -0.2) is 0 Å². The van der Waals surface area contributed by atoms with Crippen molar-refractivity contribution in [3.8, 4) is 11.5 Å². The molecule has 118 valence electrons. The van der Waals surface area contributed by atoms with Gasteiger partial charge in [-0.1, -0.05) is 12.1 Å². The van der Waals surface area contributed by atoms with Crippen LogP contribution in [0.25, 0.3) is 0 Å². The number of rotatable bonds is 8. The zero-order valence-corrected chi connectivity index (χ0v) is 13.3. The number of aryl methyl sites for hydroxylation is 1. The van der Waals surface area contributed by atoms with E-state index in [0.717, 1.165) is 36.6 Å². The quantitative estimate of drug-likeness (QED) is 0.576. The Bertz CT molecular complexity index is 599. The van der Waals surface area contributed by atoms with Crippen LogP contribution < -0.4 is 20.5 Å². The Hall–Kier alpha value is -2.36. The van der Waals surface area contributed by atoms with E-state index in [1.807, 2.05) is 43.3 Å². The molecule has 4 heteroatoms. The summed E-state index contributed by atoms with van der Waals surface area (Å²) < 4.78 is 10.7. The van der Waals surface area contributed by atoms with Gasteiger partial charge >= 0.3 is 0 Å². The molecular formula is C18H24N2O2. The molecule has 0 aliphatic heterocycles. The van der Waals surface area contributed by atoms with Crippen LogP contribution in [-0.2, 0) is 6.42 Å². The fraction of sp³-hybridized carbons (Fsp3) is 0.333. The van der Waals surface area contributed by atoms with E-state index in [0.29, 0.717) is 12.3 Å². The lowest BCUT2D eigenvalue weighted by Crippen LogP contribution is -2.03. The van der Waals surface area contributed by atoms with Gasteiger partial charge in [0.2, 0.25) is 0 Å². The van der Waals surface area contributed by atoms with E-state index in [-0.39, 0.29) is 0 Å². The fourth-order valence-corrected chi connectivity index (χ4v) is 2.30. The van der Waals surface area contributed by atoms with Gasteiger partial charge in [-0.2, -0.15) is 0 Å². The summed E-state index contributed by atoms with van der Waals surface area (Å²) in [6.07, 6.45) is 2.01. The lowest BCUT2D eigenvalue weighted by molar-refractivity contribution is 0.342. The van der Waals surface area contributed by atoms with E-state index in [2.05, 4.69) is 11.4 Å². The molecule has 2 aromatic rings. The Morgan fingerprint density at radius 1 is 1.14 bits per heavy atom. The zero-order valence-electron chi connectivity index (χ0n) is 13.3. The number of anilines is 2. The Morgan fingerprint density at radius 2 is 2.00 bits per heavy atom. The van der Waals surface area contributed by atoms with Crippen molar-refractivity contribution in [1.82, 2.24) is 0 Å². The molecule has 3 N–H and O–H groups in total. The number of ether oxygens (including phenoxy) is 2. The summed E-state index contributed by atoms with van der Waals surface area (Å²) in [5, 5.41) is 3.40. The SMILES string of the molecule is CCOc1ccc(CCCNc2cccc(OC)c2)cc1N. The average molecular weight is 300 g/mol. The third-order valence-electron chi connectivity index (χ3n) is 3.42. The number of nitrogens with two attached hydrogens (primary N) is 1. The molecule has 0 atom stereocenters. The first-order valence-corrected chi connectivity index (χ1v) is 7.62. The Morgan fingerprint density at radius 3 is 2.73 bits per heavy atom. The van der Waals surface area contributed by atoms with Crippen LogP contribution in [-0.4, -0.2) is 20.3 Å². The molecule has 22 heavy (non-hydrogen) atoms. The molecule has 0 fully saturated rings. The third kappa shape index (κ3) is 4.58. The zero-order chi connectivity index (χ0) is 15.8. The molecule has 0 amide bonds. The smallest absolute Gasteiger partial charge is 0.142 e. The molecule has 4 nitrogen and oxygen atoms in total. The Balaban J connectivity index is 1.80. The highest BCUT2D eigenvalue weighted by Gasteiger charge is 2.02. The Kier molecular flexibility index (Phi) is 5.95. The van der Waals surface area contributed by atoms with Crippen LogP contribution in [0.4, 0.5) is 11.4 Å². The molecule has 0 heterocycles. The summed E-state index contributed by atoms with van der Waals surface area (Å²) >= 11 is 0. The maximum atomic E-state index is 5.98. The van der Waals surface area contributed by atoms with Gasteiger partial charge in [0.05, 0.1) is 19.4 Å². The largest absolute Gasteiger partial charge is 0.497 e. The highest BCUT2D eigenvalue weighted by atomic mass is 16.5. The van der Waals surface area contributed by atoms with Crippen molar-refractivity contribution in [2.45, 2.75) is 19.8 Å². The number of hydrogen-bond donors (Lipinski definition) is 2. The average Bonchev–Trinajstić information content (AvgIpc) is 2.54. The predicted octanol–water partition coefficient (Wildman–Crippen LogP) is 3.72. The van der Waals surface area contributed by atoms with E-state index < -0.39 is 0 Å². The highest BCUT2D eigenvalue weighted by molar-refractivity contribution is 5.54. The number of benzene rings is 2. The second kappa shape index (κ2) is 8.17. The maximum absolute atomic E-state index is 5.98. The van der Waals surface area contributed by atoms with E-state index in [4.69, 9.17) is 15.2 Å². The van der Waals surface area contributed by atoms with Crippen molar-refractivity contribution >= 4 is 11.4 Å². The van der Waals surface area contributed by atoms with E-state index in [1.165, 1.54) is 5.56 Å². The van der Waals surface area contributed by atoms with E-state index in [9.17, 15) is 0 Å². The van der Waals surface area contributed by atoms with Crippen LogP contribution in [0.5, 0.6) is 11.5 Å². The highest BCUT2D eigenvalue weighted by Crippen LogP contribution is 2.23. The van der Waals surface area contributed by atoms with Crippen LogP contribution in [0.15, 0.2) is 42.5 Å². The van der Waals surface area contributed by atoms with Crippen molar-refractivity contribution in [2.24, 2.45) is 0 Å². The first-order chi connectivity index (χ1) is 10.7. The third-order valence-corrected chi connectivity index (χ3v) is 3.42. The van der Waals surface area contributed by atoms with Gasteiger partial charge in [0.15, 0.2) is 0 Å². The van der Waals surface area contributed by atoms with Crippen molar-refractivity contribution in [2.75, 3.05) is 31.3 Å². The second-order valence-corrected chi connectivity index (χ2v) is 5.07. The molecule has 0 bridgehead atoms. The molecule has 0 saturated heterocycles. The van der Waals surface area contributed by atoms with E-state index >= 15 is 0 Å². The molecule has 0 aliphatic rings. The summed E-state index contributed by atoms with van der Waals surface area (Å²) in [4.78, 5) is 0. The maximum Gasteiger partial charge on any atom is 0.142 e. The minimum Gasteiger partial charge on any atom is -0.497 e. The molecule has 0 saturated carbocycles. The minimum absolute atomic E-state index is 0.633. The number of nitrogen functional groups attached to an aromatic ring is 1.